The zero-order valence-electron chi connectivity index (χ0n) is 34.3. The molecular formula is C40H65N7O9S. The number of carbonyl (C=O) groups excluding carboxylic acids is 4. The van der Waals surface area contributed by atoms with Gasteiger partial charge in [0.05, 0.1) is 30.3 Å². The Bertz CT molecular complexity index is 1660. The number of hydrogen-bond donors (Lipinski definition) is 8. The number of benzene rings is 1. The molecule has 0 bridgehead atoms. The Morgan fingerprint density at radius 3 is 2.19 bits per heavy atom. The number of alkyl carbamates (subject to hydrolysis) is 1. The summed E-state index contributed by atoms with van der Waals surface area (Å²) in [5, 5.41) is 33.4. The Hall–Kier alpha value is -4.06. The van der Waals surface area contributed by atoms with Crippen LogP contribution in [0, 0.1) is 5.92 Å². The van der Waals surface area contributed by atoms with Crippen LogP contribution < -0.4 is 26.0 Å². The number of imidazole rings is 1. The molecule has 1 saturated carbocycles. The second kappa shape index (κ2) is 22.2. The Morgan fingerprint density at radius 1 is 0.930 bits per heavy atom. The van der Waals surface area contributed by atoms with Crippen LogP contribution in [0.1, 0.15) is 111 Å². The number of nitrogens with one attached hydrogen (secondary N) is 6. The summed E-state index contributed by atoms with van der Waals surface area (Å²) < 4.78 is 32.1. The summed E-state index contributed by atoms with van der Waals surface area (Å²) in [6.45, 7) is 9.96. The molecule has 5 atom stereocenters. The average molecular weight is 820 g/mol. The lowest BCUT2D eigenvalue weighted by Gasteiger charge is -2.32. The Labute approximate surface area is 337 Å². The van der Waals surface area contributed by atoms with Crippen molar-refractivity contribution in [3.05, 3.63) is 54.1 Å². The molecule has 57 heavy (non-hydrogen) atoms. The smallest absolute Gasteiger partial charge is 0.408 e. The first-order valence-corrected chi connectivity index (χ1v) is 21.6. The molecule has 1 aromatic heterocycles. The highest BCUT2D eigenvalue weighted by Gasteiger charge is 2.34. The number of aliphatic hydroxyl groups excluding tert-OH is 2. The van der Waals surface area contributed by atoms with Crippen LogP contribution in [-0.4, -0.2) is 106 Å². The lowest BCUT2D eigenvalue weighted by atomic mass is 9.83. The van der Waals surface area contributed by atoms with Crippen molar-refractivity contribution in [1.82, 2.24) is 36.0 Å². The Morgan fingerprint density at radius 2 is 1.58 bits per heavy atom. The molecule has 3 rings (SSSR count). The van der Waals surface area contributed by atoms with Crippen LogP contribution >= 0.6 is 0 Å². The molecular weight excluding hydrogens is 755 g/mol. The zero-order chi connectivity index (χ0) is 42.2. The second-order valence-corrected chi connectivity index (χ2v) is 18.7. The number of ether oxygens (including phenoxy) is 1. The summed E-state index contributed by atoms with van der Waals surface area (Å²) in [7, 11) is -3.58. The number of hydrogen-bond acceptors (Lipinski definition) is 10. The molecule has 16 nitrogen and oxygen atoms in total. The van der Waals surface area contributed by atoms with Crippen molar-refractivity contribution in [2.45, 2.75) is 154 Å². The van der Waals surface area contributed by atoms with Crippen molar-refractivity contribution in [2.75, 3.05) is 12.3 Å². The van der Waals surface area contributed by atoms with Crippen LogP contribution in [0.5, 0.6) is 0 Å². The summed E-state index contributed by atoms with van der Waals surface area (Å²) in [4.78, 5) is 61.3. The lowest BCUT2D eigenvalue weighted by Crippen LogP contribution is -2.58. The van der Waals surface area contributed by atoms with E-state index in [2.05, 4.69) is 36.0 Å². The standard InChI is InChI=1S/C40H65N7O9S/c1-7-18-57(54,55)43-25-30(48)22-34(49)31(19-27-14-10-8-11-15-27)45-37(52)33(21-29-24-41-26-42-29)46-36(51)32(20-28-16-12-9-13-17-28)44-35(50)23-40(5,6)47-38(53)56-39(2,3)4/h9,12-13,16-17,24,26-27,30-34,43,48-49H,7-8,10-11,14-15,18-23,25H2,1-6H3,(H,41,42)(H,44,50)(H,45,52)(H,46,51)(H,47,53)/t30-,31+,32+,33+,34+/m1/s1. The van der Waals surface area contributed by atoms with Gasteiger partial charge in [-0.2, -0.15) is 0 Å². The van der Waals surface area contributed by atoms with E-state index in [-0.39, 0.29) is 43.9 Å². The van der Waals surface area contributed by atoms with Gasteiger partial charge in [0, 0.05) is 49.7 Å². The number of aromatic amines is 1. The SMILES string of the molecule is CCCS(=O)(=O)NC[C@H](O)C[C@H](O)[C@H](CC1CCCCC1)NC(=O)[C@H](Cc1cnc[nH]1)NC(=O)[C@H](Cc1ccccc1)NC(=O)CC(C)(C)NC(=O)OC(C)(C)C. The number of rotatable bonds is 22. The molecule has 0 aliphatic heterocycles. The second-order valence-electron chi connectivity index (χ2n) is 16.8. The van der Waals surface area contributed by atoms with Crippen LogP contribution in [0.15, 0.2) is 42.9 Å². The van der Waals surface area contributed by atoms with Crippen LogP contribution in [0.25, 0.3) is 0 Å². The predicted octanol–water partition coefficient (Wildman–Crippen LogP) is 2.75. The number of nitrogens with zero attached hydrogens (tertiary/aromatic N) is 1. The lowest BCUT2D eigenvalue weighted by molar-refractivity contribution is -0.133. The third kappa shape index (κ3) is 18.4. The summed E-state index contributed by atoms with van der Waals surface area (Å²) in [5.74, 6) is -1.63. The molecule has 1 fully saturated rings. The van der Waals surface area contributed by atoms with E-state index in [0.29, 0.717) is 18.5 Å². The monoisotopic (exact) mass is 819 g/mol. The van der Waals surface area contributed by atoms with Gasteiger partial charge in [-0.25, -0.2) is 22.9 Å². The molecule has 1 aromatic carbocycles. The van der Waals surface area contributed by atoms with Crippen molar-refractivity contribution >= 4 is 33.8 Å². The molecule has 1 heterocycles. The van der Waals surface area contributed by atoms with Gasteiger partial charge in [0.2, 0.25) is 27.7 Å². The van der Waals surface area contributed by atoms with E-state index in [1.807, 2.05) is 30.3 Å². The minimum Gasteiger partial charge on any atom is -0.444 e. The van der Waals surface area contributed by atoms with Gasteiger partial charge >= 0.3 is 6.09 Å². The van der Waals surface area contributed by atoms with Crippen molar-refractivity contribution < 1.29 is 42.5 Å². The Kier molecular flexibility index (Phi) is 18.4. The van der Waals surface area contributed by atoms with Gasteiger partial charge in [0.15, 0.2) is 0 Å². The molecule has 0 saturated heterocycles. The first-order chi connectivity index (χ1) is 26.7. The highest BCUT2D eigenvalue weighted by atomic mass is 32.2. The fraction of sp³-hybridized carbons (Fsp3) is 0.675. The largest absolute Gasteiger partial charge is 0.444 e. The first kappa shape index (κ1) is 47.3. The van der Waals surface area contributed by atoms with E-state index in [4.69, 9.17) is 4.74 Å². The Balaban J connectivity index is 1.82. The molecule has 1 aliphatic rings. The van der Waals surface area contributed by atoms with Gasteiger partial charge in [0.1, 0.15) is 17.7 Å². The number of aliphatic hydroxyl groups is 2. The van der Waals surface area contributed by atoms with Crippen molar-refractivity contribution in [3.8, 4) is 0 Å². The van der Waals surface area contributed by atoms with E-state index >= 15 is 0 Å². The topological polar surface area (TPSA) is 241 Å². The number of H-pyrrole nitrogens is 1. The fourth-order valence-corrected chi connectivity index (χ4v) is 8.02. The van der Waals surface area contributed by atoms with Gasteiger partial charge in [-0.05, 0) is 58.9 Å². The van der Waals surface area contributed by atoms with Crippen LogP contribution in [0.2, 0.25) is 0 Å². The third-order valence-corrected chi connectivity index (χ3v) is 11.2. The molecule has 17 heteroatoms. The van der Waals surface area contributed by atoms with E-state index in [1.165, 1.54) is 12.5 Å². The van der Waals surface area contributed by atoms with E-state index in [0.717, 1.165) is 37.7 Å². The van der Waals surface area contributed by atoms with Crippen LogP contribution in [0.4, 0.5) is 4.79 Å². The molecule has 0 unspecified atom stereocenters. The minimum absolute atomic E-state index is 0.00446. The van der Waals surface area contributed by atoms with Gasteiger partial charge in [0.25, 0.3) is 0 Å². The van der Waals surface area contributed by atoms with Crippen LogP contribution in [0.3, 0.4) is 0 Å². The van der Waals surface area contributed by atoms with Gasteiger partial charge in [-0.1, -0.05) is 69.4 Å². The maximum atomic E-state index is 14.2. The van der Waals surface area contributed by atoms with Crippen molar-refractivity contribution in [1.29, 1.82) is 0 Å². The van der Waals surface area contributed by atoms with E-state index in [1.54, 1.807) is 41.5 Å². The number of aromatic nitrogens is 2. The first-order valence-electron chi connectivity index (χ1n) is 20.0. The number of amides is 4. The summed E-state index contributed by atoms with van der Waals surface area (Å²) in [6.07, 6.45) is 5.35. The molecule has 1 aliphatic carbocycles. The van der Waals surface area contributed by atoms with Crippen molar-refractivity contribution in [3.63, 3.8) is 0 Å². The maximum absolute atomic E-state index is 14.2. The third-order valence-electron chi connectivity index (χ3n) is 9.62. The van der Waals surface area contributed by atoms with E-state index < -0.39 is 75.3 Å². The number of carbonyl (C=O) groups is 4. The van der Waals surface area contributed by atoms with Crippen LogP contribution in [-0.2, 0) is 42.0 Å². The summed E-state index contributed by atoms with van der Waals surface area (Å²) >= 11 is 0. The molecule has 0 spiro atoms. The summed E-state index contributed by atoms with van der Waals surface area (Å²) in [6, 6.07) is 5.96. The van der Waals surface area contributed by atoms with Gasteiger partial charge in [-0.15, -0.1) is 0 Å². The highest BCUT2D eigenvalue weighted by Crippen LogP contribution is 2.29. The predicted molar refractivity (Wildman–Crippen MR) is 216 cm³/mol. The fourth-order valence-electron chi connectivity index (χ4n) is 6.90. The molecule has 4 amide bonds. The summed E-state index contributed by atoms with van der Waals surface area (Å²) in [5.41, 5.74) is -0.477. The quantitative estimate of drug-likeness (QED) is 0.0864. The zero-order valence-corrected chi connectivity index (χ0v) is 35.1. The normalized spacial score (nSPS) is 16.7. The molecule has 2 aromatic rings. The average Bonchev–Trinajstić information content (AvgIpc) is 3.62. The molecule has 320 valence electrons. The number of sulfonamides is 1. The van der Waals surface area contributed by atoms with Crippen molar-refractivity contribution in [2.24, 2.45) is 5.92 Å². The van der Waals surface area contributed by atoms with Gasteiger partial charge < -0.3 is 41.2 Å². The van der Waals surface area contributed by atoms with E-state index in [9.17, 15) is 37.8 Å². The molecule has 8 N–H and O–H groups in total. The van der Waals surface area contributed by atoms with Gasteiger partial charge in [-0.3, -0.25) is 14.4 Å². The minimum atomic E-state index is -3.58. The molecule has 0 radical (unpaired) electrons. The highest BCUT2D eigenvalue weighted by molar-refractivity contribution is 7.89. The maximum Gasteiger partial charge on any atom is 0.408 e.